The highest BCUT2D eigenvalue weighted by molar-refractivity contribution is 5.83. The highest BCUT2D eigenvalue weighted by Gasteiger charge is 2.31. The van der Waals surface area contributed by atoms with Crippen molar-refractivity contribution in [1.82, 2.24) is 29.8 Å². The maximum atomic E-state index is 12.9. The molecular weight excluding hydrogens is 296 g/mol. The molecule has 3 rings (SSSR count). The van der Waals surface area contributed by atoms with Gasteiger partial charge in [-0.25, -0.2) is 0 Å². The third-order valence-corrected chi connectivity index (χ3v) is 4.07. The molecule has 2 unspecified atom stereocenters. The monoisotopic (exact) mass is 318 g/mol. The van der Waals surface area contributed by atoms with Crippen LogP contribution < -0.4 is 5.32 Å². The number of hydrogen-bond donors (Lipinski definition) is 1. The summed E-state index contributed by atoms with van der Waals surface area (Å²) in [6.45, 7) is 1.64. The van der Waals surface area contributed by atoms with E-state index >= 15 is 0 Å². The molecule has 8 nitrogen and oxygen atoms in total. The SMILES string of the molecule is CNC(C(=O)N1CCOC(c2cnn(C)c2)C1)c1cnn(C)c1. The van der Waals surface area contributed by atoms with Gasteiger partial charge in [0.1, 0.15) is 12.1 Å². The number of hydrogen-bond acceptors (Lipinski definition) is 5. The van der Waals surface area contributed by atoms with Crippen LogP contribution in [0.5, 0.6) is 0 Å². The van der Waals surface area contributed by atoms with E-state index < -0.39 is 6.04 Å². The van der Waals surface area contributed by atoms with Gasteiger partial charge in [-0.3, -0.25) is 14.2 Å². The molecule has 0 aliphatic carbocycles. The second kappa shape index (κ2) is 6.51. The number of carbonyl (C=O) groups excluding carboxylic acids is 1. The quantitative estimate of drug-likeness (QED) is 0.859. The fourth-order valence-electron chi connectivity index (χ4n) is 2.86. The van der Waals surface area contributed by atoms with Crippen LogP contribution in [-0.2, 0) is 23.6 Å². The van der Waals surface area contributed by atoms with Gasteiger partial charge in [0.2, 0.25) is 5.91 Å². The Morgan fingerprint density at radius 2 is 2.04 bits per heavy atom. The van der Waals surface area contributed by atoms with Crippen LogP contribution in [0.1, 0.15) is 23.3 Å². The molecule has 0 aromatic carbocycles. The summed E-state index contributed by atoms with van der Waals surface area (Å²) in [5, 5.41) is 11.4. The summed E-state index contributed by atoms with van der Waals surface area (Å²) in [4.78, 5) is 14.7. The number of nitrogens with zero attached hydrogens (tertiary/aromatic N) is 5. The van der Waals surface area contributed by atoms with Crippen LogP contribution in [0.2, 0.25) is 0 Å². The maximum absolute atomic E-state index is 12.9. The summed E-state index contributed by atoms with van der Waals surface area (Å²) in [5.41, 5.74) is 1.86. The van der Waals surface area contributed by atoms with Gasteiger partial charge in [-0.15, -0.1) is 0 Å². The molecule has 3 heterocycles. The van der Waals surface area contributed by atoms with Gasteiger partial charge >= 0.3 is 0 Å². The van der Waals surface area contributed by atoms with Gasteiger partial charge in [-0.2, -0.15) is 10.2 Å². The number of aryl methyl sites for hydroxylation is 2. The number of morpholine rings is 1. The van der Waals surface area contributed by atoms with Crippen molar-refractivity contribution in [2.45, 2.75) is 12.1 Å². The van der Waals surface area contributed by atoms with E-state index in [0.29, 0.717) is 19.7 Å². The molecule has 1 fully saturated rings. The number of ether oxygens (including phenoxy) is 1. The van der Waals surface area contributed by atoms with Gasteiger partial charge in [-0.1, -0.05) is 0 Å². The molecule has 0 radical (unpaired) electrons. The zero-order valence-corrected chi connectivity index (χ0v) is 13.6. The minimum Gasteiger partial charge on any atom is -0.370 e. The summed E-state index contributed by atoms with van der Waals surface area (Å²) in [6.07, 6.45) is 7.16. The van der Waals surface area contributed by atoms with Gasteiger partial charge in [0.25, 0.3) is 0 Å². The minimum absolute atomic E-state index is 0.0395. The van der Waals surface area contributed by atoms with Gasteiger partial charge in [0, 0.05) is 44.2 Å². The number of nitrogens with one attached hydrogen (secondary N) is 1. The van der Waals surface area contributed by atoms with E-state index in [1.807, 2.05) is 31.4 Å². The van der Waals surface area contributed by atoms with E-state index in [2.05, 4.69) is 15.5 Å². The normalized spacial score (nSPS) is 19.8. The standard InChI is InChI=1S/C15H22N6O2/c1-16-14(12-7-18-20(3)9-12)15(22)21-4-5-23-13(10-21)11-6-17-19(2)8-11/h6-9,13-14,16H,4-5,10H2,1-3H3. The Balaban J connectivity index is 1.73. The summed E-state index contributed by atoms with van der Waals surface area (Å²) in [7, 11) is 5.50. The fraction of sp³-hybridized carbons (Fsp3) is 0.533. The lowest BCUT2D eigenvalue weighted by Gasteiger charge is -2.34. The Morgan fingerprint density at radius 1 is 1.30 bits per heavy atom. The molecule has 2 aromatic heterocycles. The molecule has 2 aromatic rings. The molecule has 124 valence electrons. The van der Waals surface area contributed by atoms with Crippen molar-refractivity contribution in [2.75, 3.05) is 26.7 Å². The van der Waals surface area contributed by atoms with Crippen LogP contribution in [0.3, 0.4) is 0 Å². The Hall–Kier alpha value is -2.19. The minimum atomic E-state index is -0.392. The summed E-state index contributed by atoms with van der Waals surface area (Å²) in [6, 6.07) is -0.392. The molecular formula is C15H22N6O2. The van der Waals surface area contributed by atoms with Crippen LogP contribution in [0.4, 0.5) is 0 Å². The Bertz CT molecular complexity index is 679. The van der Waals surface area contributed by atoms with Gasteiger partial charge in [0.15, 0.2) is 0 Å². The number of amides is 1. The lowest BCUT2D eigenvalue weighted by molar-refractivity contribution is -0.141. The molecule has 0 saturated carbocycles. The summed E-state index contributed by atoms with van der Waals surface area (Å²) >= 11 is 0. The number of rotatable bonds is 4. The van der Waals surface area contributed by atoms with E-state index in [9.17, 15) is 4.79 Å². The highest BCUT2D eigenvalue weighted by atomic mass is 16.5. The predicted molar refractivity (Wildman–Crippen MR) is 83.5 cm³/mol. The van der Waals surface area contributed by atoms with E-state index in [4.69, 9.17) is 4.74 Å². The summed E-state index contributed by atoms with van der Waals surface area (Å²) in [5.74, 6) is 0.0395. The number of carbonyl (C=O) groups is 1. The molecule has 0 spiro atoms. The molecule has 1 aliphatic rings. The van der Waals surface area contributed by atoms with Crippen LogP contribution in [0, 0.1) is 0 Å². The van der Waals surface area contributed by atoms with Crippen LogP contribution in [-0.4, -0.2) is 57.1 Å². The second-order valence-corrected chi connectivity index (χ2v) is 5.76. The largest absolute Gasteiger partial charge is 0.370 e. The Labute approximate surface area is 135 Å². The molecule has 8 heteroatoms. The molecule has 1 amide bonds. The average molecular weight is 318 g/mol. The zero-order valence-electron chi connectivity index (χ0n) is 13.6. The molecule has 1 N–H and O–H groups in total. The van der Waals surface area contributed by atoms with Crippen molar-refractivity contribution in [2.24, 2.45) is 14.1 Å². The first-order valence-corrected chi connectivity index (χ1v) is 7.63. The van der Waals surface area contributed by atoms with Gasteiger partial charge < -0.3 is 15.0 Å². The third-order valence-electron chi connectivity index (χ3n) is 4.07. The lowest BCUT2D eigenvalue weighted by atomic mass is 10.1. The lowest BCUT2D eigenvalue weighted by Crippen LogP contribution is -2.46. The number of likely N-dealkylation sites (N-methyl/N-ethyl adjacent to an activating group) is 1. The topological polar surface area (TPSA) is 77.2 Å². The van der Waals surface area contributed by atoms with Gasteiger partial charge in [0.05, 0.1) is 25.5 Å². The first-order valence-electron chi connectivity index (χ1n) is 7.63. The third kappa shape index (κ3) is 3.27. The average Bonchev–Trinajstić information content (AvgIpc) is 3.17. The zero-order chi connectivity index (χ0) is 16.4. The van der Waals surface area contributed by atoms with Crippen molar-refractivity contribution < 1.29 is 9.53 Å². The second-order valence-electron chi connectivity index (χ2n) is 5.76. The van der Waals surface area contributed by atoms with Crippen LogP contribution >= 0.6 is 0 Å². The van der Waals surface area contributed by atoms with Crippen molar-refractivity contribution >= 4 is 5.91 Å². The van der Waals surface area contributed by atoms with E-state index in [-0.39, 0.29) is 12.0 Å². The number of aromatic nitrogens is 4. The van der Waals surface area contributed by atoms with Crippen molar-refractivity contribution in [3.8, 4) is 0 Å². The fourth-order valence-corrected chi connectivity index (χ4v) is 2.86. The van der Waals surface area contributed by atoms with Crippen LogP contribution in [0.25, 0.3) is 0 Å². The Kier molecular flexibility index (Phi) is 4.44. The molecule has 1 saturated heterocycles. The van der Waals surface area contributed by atoms with Crippen molar-refractivity contribution in [3.05, 3.63) is 35.9 Å². The maximum Gasteiger partial charge on any atom is 0.244 e. The first-order chi connectivity index (χ1) is 11.1. The van der Waals surface area contributed by atoms with Crippen molar-refractivity contribution in [1.29, 1.82) is 0 Å². The predicted octanol–water partition coefficient (Wildman–Crippen LogP) is 0.0142. The van der Waals surface area contributed by atoms with Gasteiger partial charge in [-0.05, 0) is 7.05 Å². The van der Waals surface area contributed by atoms with E-state index in [1.165, 1.54) is 0 Å². The molecule has 23 heavy (non-hydrogen) atoms. The highest BCUT2D eigenvalue weighted by Crippen LogP contribution is 2.24. The van der Waals surface area contributed by atoms with Crippen molar-refractivity contribution in [3.63, 3.8) is 0 Å². The Morgan fingerprint density at radius 3 is 2.65 bits per heavy atom. The smallest absolute Gasteiger partial charge is 0.244 e. The first kappa shape index (κ1) is 15.7. The van der Waals surface area contributed by atoms with E-state index in [0.717, 1.165) is 11.1 Å². The molecule has 0 bridgehead atoms. The van der Waals surface area contributed by atoms with Crippen LogP contribution in [0.15, 0.2) is 24.8 Å². The molecule has 2 atom stereocenters. The molecule has 1 aliphatic heterocycles. The summed E-state index contributed by atoms with van der Waals surface area (Å²) < 4.78 is 9.24. The van der Waals surface area contributed by atoms with E-state index in [1.54, 1.807) is 28.8 Å².